The first-order valence-electron chi connectivity index (χ1n) is 8.53. The van der Waals surface area contributed by atoms with Gasteiger partial charge in [0.15, 0.2) is 0 Å². The quantitative estimate of drug-likeness (QED) is 0.852. The molecule has 1 fully saturated rings. The van der Waals surface area contributed by atoms with Crippen molar-refractivity contribution in [3.8, 4) is 6.07 Å². The predicted octanol–water partition coefficient (Wildman–Crippen LogP) is 2.04. The van der Waals surface area contributed by atoms with E-state index in [1.807, 2.05) is 19.2 Å². The van der Waals surface area contributed by atoms with Crippen molar-refractivity contribution in [3.63, 3.8) is 0 Å². The fourth-order valence-corrected chi connectivity index (χ4v) is 3.13. The van der Waals surface area contributed by atoms with Gasteiger partial charge in [0.05, 0.1) is 5.56 Å². The summed E-state index contributed by atoms with van der Waals surface area (Å²) < 4.78 is 0. The highest BCUT2D eigenvalue weighted by atomic mass is 15.3. The maximum Gasteiger partial charge on any atom is 0.146 e. The van der Waals surface area contributed by atoms with E-state index < -0.39 is 0 Å². The number of aromatic nitrogens is 2. The van der Waals surface area contributed by atoms with Crippen LogP contribution in [0.5, 0.6) is 0 Å². The first kappa shape index (κ1) is 17.2. The van der Waals surface area contributed by atoms with Gasteiger partial charge >= 0.3 is 0 Å². The van der Waals surface area contributed by atoms with Crippen LogP contribution in [0.4, 0.5) is 11.6 Å². The summed E-state index contributed by atoms with van der Waals surface area (Å²) in [7, 11) is 4.12. The third kappa shape index (κ3) is 3.89. The zero-order valence-corrected chi connectivity index (χ0v) is 15.1. The second-order valence-electron chi connectivity index (χ2n) is 6.67. The predicted molar refractivity (Wildman–Crippen MR) is 99.7 cm³/mol. The summed E-state index contributed by atoms with van der Waals surface area (Å²) in [5, 5.41) is 9.41. The van der Waals surface area contributed by atoms with Crippen LogP contribution in [0.25, 0.3) is 0 Å². The molecule has 130 valence electrons. The lowest BCUT2D eigenvalue weighted by Crippen LogP contribution is -2.47. The van der Waals surface area contributed by atoms with Crippen molar-refractivity contribution >= 4 is 11.6 Å². The molecule has 1 aliphatic rings. The van der Waals surface area contributed by atoms with Crippen molar-refractivity contribution < 1.29 is 0 Å². The Morgan fingerprint density at radius 1 is 1.08 bits per heavy atom. The van der Waals surface area contributed by atoms with Crippen molar-refractivity contribution in [2.24, 2.45) is 0 Å². The zero-order chi connectivity index (χ0) is 17.8. The van der Waals surface area contributed by atoms with E-state index in [-0.39, 0.29) is 0 Å². The average molecular weight is 336 g/mol. The number of piperazine rings is 1. The number of nitrogens with zero attached hydrogens (tertiary/aromatic N) is 6. The summed E-state index contributed by atoms with van der Waals surface area (Å²) in [5.74, 6) is 1.82. The third-order valence-electron chi connectivity index (χ3n) is 4.46. The van der Waals surface area contributed by atoms with Crippen molar-refractivity contribution in [3.05, 3.63) is 47.3 Å². The average Bonchev–Trinajstić information content (AvgIpc) is 2.62. The van der Waals surface area contributed by atoms with Crippen molar-refractivity contribution in [2.75, 3.05) is 50.1 Å². The number of hydrogen-bond acceptors (Lipinski definition) is 6. The molecule has 6 heteroatoms. The van der Waals surface area contributed by atoms with Crippen LogP contribution in [0.15, 0.2) is 30.6 Å². The second kappa shape index (κ2) is 7.49. The molecular formula is C19H24N6. The third-order valence-corrected chi connectivity index (χ3v) is 4.46. The fourth-order valence-electron chi connectivity index (χ4n) is 3.13. The Morgan fingerprint density at radius 3 is 2.40 bits per heavy atom. The van der Waals surface area contributed by atoms with Crippen LogP contribution < -0.4 is 9.80 Å². The van der Waals surface area contributed by atoms with Crippen molar-refractivity contribution in [1.29, 1.82) is 5.26 Å². The van der Waals surface area contributed by atoms with Crippen LogP contribution in [0.2, 0.25) is 0 Å². The monoisotopic (exact) mass is 336 g/mol. The van der Waals surface area contributed by atoms with Gasteiger partial charge in [0.2, 0.25) is 0 Å². The fraction of sp³-hybridized carbons (Fsp3) is 0.421. The Balaban J connectivity index is 1.66. The molecule has 0 spiro atoms. The Hall–Kier alpha value is -2.65. The van der Waals surface area contributed by atoms with Gasteiger partial charge in [0.25, 0.3) is 0 Å². The molecule has 0 aromatic carbocycles. The number of anilines is 2. The van der Waals surface area contributed by atoms with E-state index in [4.69, 9.17) is 0 Å². The van der Waals surface area contributed by atoms with Crippen LogP contribution in [-0.2, 0) is 6.54 Å². The highest BCUT2D eigenvalue weighted by Crippen LogP contribution is 2.22. The molecule has 0 bridgehead atoms. The molecule has 3 heterocycles. The van der Waals surface area contributed by atoms with E-state index in [1.54, 1.807) is 6.20 Å². The second-order valence-corrected chi connectivity index (χ2v) is 6.67. The molecule has 2 aromatic heterocycles. The van der Waals surface area contributed by atoms with Crippen LogP contribution in [0.3, 0.4) is 0 Å². The molecule has 1 saturated heterocycles. The SMILES string of the molecule is Cc1ccnc(N2CCN(c3ccc(CN(C)C)cn3)CC2)c1C#N. The van der Waals surface area contributed by atoms with Crippen LogP contribution in [0, 0.1) is 18.3 Å². The van der Waals surface area contributed by atoms with E-state index >= 15 is 0 Å². The van der Waals surface area contributed by atoms with Gasteiger partial charge in [-0.2, -0.15) is 5.26 Å². The normalized spacial score (nSPS) is 14.7. The van der Waals surface area contributed by atoms with Gasteiger partial charge in [-0.1, -0.05) is 6.07 Å². The van der Waals surface area contributed by atoms with Gasteiger partial charge in [-0.3, -0.25) is 0 Å². The first-order chi connectivity index (χ1) is 12.1. The van der Waals surface area contributed by atoms with Gasteiger partial charge in [0, 0.05) is 45.1 Å². The molecule has 0 radical (unpaired) electrons. The molecule has 2 aromatic rings. The summed E-state index contributed by atoms with van der Waals surface area (Å²) in [4.78, 5) is 15.7. The summed E-state index contributed by atoms with van der Waals surface area (Å²) in [5.41, 5.74) is 2.88. The van der Waals surface area contributed by atoms with E-state index in [1.165, 1.54) is 5.56 Å². The Kier molecular flexibility index (Phi) is 5.15. The topological polar surface area (TPSA) is 59.3 Å². The number of rotatable bonds is 4. The number of hydrogen-bond donors (Lipinski definition) is 0. The number of aryl methyl sites for hydroxylation is 1. The van der Waals surface area contributed by atoms with Crippen LogP contribution >= 0.6 is 0 Å². The standard InChI is InChI=1S/C19H24N6/c1-15-6-7-21-19(17(15)12-20)25-10-8-24(9-11-25)18-5-4-16(13-22-18)14-23(2)3/h4-7,13H,8-11,14H2,1-3H3. The minimum absolute atomic E-state index is 0.683. The minimum Gasteiger partial charge on any atom is -0.353 e. The molecule has 25 heavy (non-hydrogen) atoms. The summed E-state index contributed by atoms with van der Waals surface area (Å²) >= 11 is 0. The van der Waals surface area contributed by atoms with Gasteiger partial charge in [-0.15, -0.1) is 0 Å². The van der Waals surface area contributed by atoms with Crippen molar-refractivity contribution in [2.45, 2.75) is 13.5 Å². The molecule has 0 unspecified atom stereocenters. The lowest BCUT2D eigenvalue weighted by atomic mass is 10.1. The molecule has 0 saturated carbocycles. The minimum atomic E-state index is 0.683. The molecule has 1 aliphatic heterocycles. The van der Waals surface area contributed by atoms with E-state index in [2.05, 4.69) is 57.0 Å². The van der Waals surface area contributed by atoms with Gasteiger partial charge < -0.3 is 14.7 Å². The summed E-state index contributed by atoms with van der Waals surface area (Å²) in [6, 6.07) is 8.42. The van der Waals surface area contributed by atoms with Crippen LogP contribution in [0.1, 0.15) is 16.7 Å². The molecule has 0 N–H and O–H groups in total. The van der Waals surface area contributed by atoms with Crippen LogP contribution in [-0.4, -0.2) is 55.1 Å². The Labute approximate surface area is 149 Å². The zero-order valence-electron chi connectivity index (χ0n) is 15.1. The maximum atomic E-state index is 9.41. The lowest BCUT2D eigenvalue weighted by Gasteiger charge is -2.36. The Bertz CT molecular complexity index is 754. The number of pyridine rings is 2. The largest absolute Gasteiger partial charge is 0.353 e. The van der Waals surface area contributed by atoms with Gasteiger partial charge in [-0.05, 0) is 44.3 Å². The van der Waals surface area contributed by atoms with Crippen molar-refractivity contribution in [1.82, 2.24) is 14.9 Å². The van der Waals surface area contributed by atoms with E-state index in [0.29, 0.717) is 5.56 Å². The smallest absolute Gasteiger partial charge is 0.146 e. The molecule has 0 atom stereocenters. The van der Waals surface area contributed by atoms with Gasteiger partial charge in [-0.25, -0.2) is 9.97 Å². The summed E-state index contributed by atoms with van der Waals surface area (Å²) in [6.07, 6.45) is 3.74. The highest BCUT2D eigenvalue weighted by molar-refractivity contribution is 5.58. The molecule has 0 amide bonds. The molecular weight excluding hydrogens is 312 g/mol. The molecule has 0 aliphatic carbocycles. The van der Waals surface area contributed by atoms with E-state index in [0.717, 1.165) is 49.9 Å². The highest BCUT2D eigenvalue weighted by Gasteiger charge is 2.21. The first-order valence-corrected chi connectivity index (χ1v) is 8.53. The summed E-state index contributed by atoms with van der Waals surface area (Å²) in [6.45, 7) is 6.29. The van der Waals surface area contributed by atoms with Gasteiger partial charge in [0.1, 0.15) is 17.7 Å². The maximum absolute atomic E-state index is 9.41. The number of nitriles is 1. The van der Waals surface area contributed by atoms with E-state index in [9.17, 15) is 5.26 Å². The lowest BCUT2D eigenvalue weighted by molar-refractivity contribution is 0.402. The molecule has 3 rings (SSSR count). The Morgan fingerprint density at radius 2 is 1.80 bits per heavy atom. The molecule has 6 nitrogen and oxygen atoms in total.